The van der Waals surface area contributed by atoms with E-state index in [4.69, 9.17) is 5.26 Å². The SMILES string of the molecule is Cc1ccc(NC(=O)/C(C#N)=C/c2ccc(Br)s2)c(C)c1. The summed E-state index contributed by atoms with van der Waals surface area (Å²) >= 11 is 4.83. The summed E-state index contributed by atoms with van der Waals surface area (Å²) in [6, 6.07) is 11.5. The standard InChI is InChI=1S/C16H13BrN2OS/c1-10-3-5-14(11(2)7-10)19-16(20)12(9-18)8-13-4-6-15(17)21-13/h3-8H,1-2H3,(H,19,20)/b12-8+. The second kappa shape index (κ2) is 6.70. The Hall–Kier alpha value is -1.90. The summed E-state index contributed by atoms with van der Waals surface area (Å²) in [5.41, 5.74) is 2.91. The maximum absolute atomic E-state index is 12.2. The van der Waals surface area contributed by atoms with E-state index in [2.05, 4.69) is 21.2 Å². The Morgan fingerprint density at radius 2 is 2.10 bits per heavy atom. The fourth-order valence-electron chi connectivity index (χ4n) is 1.84. The number of benzene rings is 1. The first-order chi connectivity index (χ1) is 9.99. The molecule has 1 N–H and O–H groups in total. The molecule has 0 aliphatic carbocycles. The van der Waals surface area contributed by atoms with Gasteiger partial charge in [0.25, 0.3) is 5.91 Å². The number of aryl methyl sites for hydroxylation is 2. The van der Waals surface area contributed by atoms with Crippen LogP contribution in [0.1, 0.15) is 16.0 Å². The van der Waals surface area contributed by atoms with Crippen molar-refractivity contribution in [2.45, 2.75) is 13.8 Å². The highest BCUT2D eigenvalue weighted by atomic mass is 79.9. The van der Waals surface area contributed by atoms with Crippen LogP contribution in [0.4, 0.5) is 5.69 Å². The smallest absolute Gasteiger partial charge is 0.266 e. The maximum Gasteiger partial charge on any atom is 0.266 e. The Morgan fingerprint density at radius 1 is 1.33 bits per heavy atom. The van der Waals surface area contributed by atoms with Crippen LogP contribution in [0.3, 0.4) is 0 Å². The third kappa shape index (κ3) is 4.03. The van der Waals surface area contributed by atoms with Gasteiger partial charge < -0.3 is 5.32 Å². The van der Waals surface area contributed by atoms with Gasteiger partial charge in [0.1, 0.15) is 11.6 Å². The Labute approximate surface area is 136 Å². The van der Waals surface area contributed by atoms with Crippen molar-refractivity contribution in [3.8, 4) is 6.07 Å². The van der Waals surface area contributed by atoms with Gasteiger partial charge in [-0.25, -0.2) is 0 Å². The molecule has 0 aliphatic heterocycles. The van der Waals surface area contributed by atoms with E-state index in [1.807, 2.05) is 50.2 Å². The van der Waals surface area contributed by atoms with Crippen LogP contribution in [0, 0.1) is 25.2 Å². The van der Waals surface area contributed by atoms with Gasteiger partial charge in [-0.3, -0.25) is 4.79 Å². The van der Waals surface area contributed by atoms with E-state index in [0.717, 1.165) is 25.5 Å². The van der Waals surface area contributed by atoms with E-state index in [1.165, 1.54) is 11.3 Å². The molecule has 0 spiro atoms. The summed E-state index contributed by atoms with van der Waals surface area (Å²) < 4.78 is 0.959. The second-order valence-electron chi connectivity index (χ2n) is 4.58. The first kappa shape index (κ1) is 15.5. The zero-order valence-electron chi connectivity index (χ0n) is 11.6. The molecule has 0 saturated carbocycles. The van der Waals surface area contributed by atoms with Crippen LogP contribution in [0.5, 0.6) is 0 Å². The van der Waals surface area contributed by atoms with Gasteiger partial charge in [-0.15, -0.1) is 11.3 Å². The molecule has 3 nitrogen and oxygen atoms in total. The fraction of sp³-hybridized carbons (Fsp3) is 0.125. The third-order valence-corrected chi connectivity index (χ3v) is 4.45. The molecular weight excluding hydrogens is 348 g/mol. The number of carbonyl (C=O) groups is 1. The molecule has 2 rings (SSSR count). The van der Waals surface area contributed by atoms with Gasteiger partial charge in [0.2, 0.25) is 0 Å². The highest BCUT2D eigenvalue weighted by Gasteiger charge is 2.11. The van der Waals surface area contributed by atoms with E-state index >= 15 is 0 Å². The summed E-state index contributed by atoms with van der Waals surface area (Å²) in [6.45, 7) is 3.92. The molecule has 0 saturated heterocycles. The summed E-state index contributed by atoms with van der Waals surface area (Å²) in [4.78, 5) is 13.0. The Kier molecular flexibility index (Phi) is 4.94. The molecule has 0 fully saturated rings. The van der Waals surface area contributed by atoms with Crippen molar-refractivity contribution in [2.24, 2.45) is 0 Å². The lowest BCUT2D eigenvalue weighted by Gasteiger charge is -2.08. The van der Waals surface area contributed by atoms with Gasteiger partial charge in [-0.2, -0.15) is 5.26 Å². The monoisotopic (exact) mass is 360 g/mol. The van der Waals surface area contributed by atoms with Gasteiger partial charge >= 0.3 is 0 Å². The third-order valence-electron chi connectivity index (χ3n) is 2.88. The van der Waals surface area contributed by atoms with Crippen LogP contribution in [0.25, 0.3) is 6.08 Å². The molecule has 1 aromatic carbocycles. The van der Waals surface area contributed by atoms with Crippen LogP contribution in [-0.2, 0) is 4.79 Å². The van der Waals surface area contributed by atoms with E-state index in [1.54, 1.807) is 6.08 Å². The molecule has 1 amide bonds. The van der Waals surface area contributed by atoms with Crippen LogP contribution in [0.15, 0.2) is 39.7 Å². The molecule has 0 bridgehead atoms. The predicted octanol–water partition coefficient (Wildman–Crippen LogP) is 4.67. The van der Waals surface area contributed by atoms with E-state index in [-0.39, 0.29) is 5.57 Å². The van der Waals surface area contributed by atoms with Crippen molar-refractivity contribution in [3.63, 3.8) is 0 Å². The van der Waals surface area contributed by atoms with Crippen molar-refractivity contribution in [1.82, 2.24) is 0 Å². The zero-order valence-corrected chi connectivity index (χ0v) is 14.0. The Balaban J connectivity index is 2.21. The molecule has 0 aliphatic rings. The zero-order chi connectivity index (χ0) is 15.4. The molecule has 106 valence electrons. The average molecular weight is 361 g/mol. The van der Waals surface area contributed by atoms with Crippen molar-refractivity contribution in [1.29, 1.82) is 5.26 Å². The minimum atomic E-state index is -0.394. The van der Waals surface area contributed by atoms with Crippen molar-refractivity contribution in [3.05, 3.63) is 55.7 Å². The number of amides is 1. The van der Waals surface area contributed by atoms with E-state index in [0.29, 0.717) is 0 Å². The van der Waals surface area contributed by atoms with Gasteiger partial charge in [0.05, 0.1) is 3.79 Å². The number of rotatable bonds is 3. The fourth-order valence-corrected chi connectivity index (χ4v) is 3.21. The molecule has 5 heteroatoms. The molecular formula is C16H13BrN2OS. The number of hydrogen-bond donors (Lipinski definition) is 1. The predicted molar refractivity (Wildman–Crippen MR) is 90.2 cm³/mol. The van der Waals surface area contributed by atoms with Crippen LogP contribution in [0.2, 0.25) is 0 Å². The summed E-state index contributed by atoms with van der Waals surface area (Å²) in [5.74, 6) is -0.394. The number of carbonyl (C=O) groups excluding carboxylic acids is 1. The molecule has 1 heterocycles. The Bertz CT molecular complexity index is 756. The van der Waals surface area contributed by atoms with Crippen LogP contribution in [-0.4, -0.2) is 5.91 Å². The van der Waals surface area contributed by atoms with Crippen LogP contribution < -0.4 is 5.32 Å². The average Bonchev–Trinajstić information content (AvgIpc) is 2.84. The first-order valence-electron chi connectivity index (χ1n) is 6.25. The van der Waals surface area contributed by atoms with Crippen LogP contribution >= 0.6 is 27.3 Å². The molecule has 1 aromatic heterocycles. The molecule has 0 atom stereocenters. The van der Waals surface area contributed by atoms with Gasteiger partial charge in [0, 0.05) is 10.6 Å². The number of nitrogens with one attached hydrogen (secondary N) is 1. The number of halogens is 1. The molecule has 0 unspecified atom stereocenters. The molecule has 0 radical (unpaired) electrons. The maximum atomic E-state index is 12.2. The largest absolute Gasteiger partial charge is 0.321 e. The van der Waals surface area contributed by atoms with E-state index in [9.17, 15) is 4.79 Å². The lowest BCUT2D eigenvalue weighted by molar-refractivity contribution is -0.112. The number of nitriles is 1. The highest BCUT2D eigenvalue weighted by Crippen LogP contribution is 2.24. The van der Waals surface area contributed by atoms with Gasteiger partial charge in [-0.1, -0.05) is 17.7 Å². The quantitative estimate of drug-likeness (QED) is 0.638. The number of thiophene rings is 1. The van der Waals surface area contributed by atoms with Crippen molar-refractivity contribution in [2.75, 3.05) is 5.32 Å². The molecule has 21 heavy (non-hydrogen) atoms. The second-order valence-corrected chi connectivity index (χ2v) is 7.08. The summed E-state index contributed by atoms with van der Waals surface area (Å²) in [7, 11) is 0. The van der Waals surface area contributed by atoms with Gasteiger partial charge in [0.15, 0.2) is 0 Å². The number of hydrogen-bond acceptors (Lipinski definition) is 3. The summed E-state index contributed by atoms with van der Waals surface area (Å²) in [6.07, 6.45) is 1.59. The van der Waals surface area contributed by atoms with E-state index < -0.39 is 5.91 Å². The summed E-state index contributed by atoms with van der Waals surface area (Å²) in [5, 5.41) is 11.9. The van der Waals surface area contributed by atoms with Crippen molar-refractivity contribution >= 4 is 44.9 Å². The lowest BCUT2D eigenvalue weighted by Crippen LogP contribution is -2.14. The Morgan fingerprint density at radius 3 is 2.67 bits per heavy atom. The topological polar surface area (TPSA) is 52.9 Å². The highest BCUT2D eigenvalue weighted by molar-refractivity contribution is 9.11. The minimum absolute atomic E-state index is 0.0873. The number of nitrogens with zero attached hydrogens (tertiary/aromatic N) is 1. The minimum Gasteiger partial charge on any atom is -0.321 e. The molecule has 2 aromatic rings. The lowest BCUT2D eigenvalue weighted by atomic mass is 10.1. The normalized spacial score (nSPS) is 11.0. The first-order valence-corrected chi connectivity index (χ1v) is 7.86. The van der Waals surface area contributed by atoms with Gasteiger partial charge in [-0.05, 0) is 59.6 Å². The number of anilines is 1. The van der Waals surface area contributed by atoms with Crippen molar-refractivity contribution < 1.29 is 4.79 Å².